The van der Waals surface area contributed by atoms with Crippen LogP contribution in [0.2, 0.25) is 0 Å². The zero-order chi connectivity index (χ0) is 10.5. The first kappa shape index (κ1) is 10.6. The van der Waals surface area contributed by atoms with Crippen LogP contribution in [0, 0.1) is 0 Å². The number of nitrogens with one attached hydrogen (secondary N) is 1. The second-order valence-electron chi connectivity index (χ2n) is 4.16. The van der Waals surface area contributed by atoms with E-state index >= 15 is 0 Å². The van der Waals surface area contributed by atoms with Crippen LogP contribution in [0.5, 0.6) is 0 Å². The molecule has 0 aliphatic carbocycles. The summed E-state index contributed by atoms with van der Waals surface area (Å²) in [5.41, 5.74) is 4.17. The van der Waals surface area contributed by atoms with Gasteiger partial charge in [0.1, 0.15) is 0 Å². The zero-order valence-corrected chi connectivity index (χ0v) is 9.02. The van der Waals surface area contributed by atoms with Crippen molar-refractivity contribution in [2.24, 2.45) is 5.84 Å². The summed E-state index contributed by atoms with van der Waals surface area (Å²) in [6.07, 6.45) is 2.55. The summed E-state index contributed by atoms with van der Waals surface area (Å²) < 4.78 is 0. The molecule has 1 aliphatic heterocycles. The topological polar surface area (TPSA) is 41.3 Å². The number of likely N-dealkylation sites (tertiary alicyclic amines) is 1. The Morgan fingerprint density at radius 3 is 2.87 bits per heavy atom. The van der Waals surface area contributed by atoms with Crippen molar-refractivity contribution in [1.82, 2.24) is 10.3 Å². The lowest BCUT2D eigenvalue weighted by atomic mass is 10.2. The van der Waals surface area contributed by atoms with Gasteiger partial charge >= 0.3 is 0 Å². The SMILES string of the molecule is NNCC1CCCN1Cc1ccccc1. The van der Waals surface area contributed by atoms with Crippen LogP contribution in [-0.4, -0.2) is 24.0 Å². The van der Waals surface area contributed by atoms with E-state index in [1.807, 2.05) is 0 Å². The standard InChI is InChI=1S/C12H19N3/c13-14-9-12-7-4-8-15(12)10-11-5-2-1-3-6-11/h1-3,5-6,12,14H,4,7-10,13H2. The minimum absolute atomic E-state index is 0.607. The third-order valence-electron chi connectivity index (χ3n) is 3.08. The predicted octanol–water partition coefficient (Wildman–Crippen LogP) is 1.11. The monoisotopic (exact) mass is 205 g/mol. The van der Waals surface area contributed by atoms with Crippen molar-refractivity contribution in [3.05, 3.63) is 35.9 Å². The molecule has 1 aromatic rings. The highest BCUT2D eigenvalue weighted by molar-refractivity contribution is 5.14. The van der Waals surface area contributed by atoms with Crippen LogP contribution in [0.4, 0.5) is 0 Å². The number of nitrogens with two attached hydrogens (primary N) is 1. The van der Waals surface area contributed by atoms with Gasteiger partial charge in [-0.2, -0.15) is 0 Å². The molecule has 3 nitrogen and oxygen atoms in total. The first-order valence-electron chi connectivity index (χ1n) is 5.61. The quantitative estimate of drug-likeness (QED) is 0.571. The van der Waals surface area contributed by atoms with Crippen molar-refractivity contribution in [2.45, 2.75) is 25.4 Å². The third-order valence-corrected chi connectivity index (χ3v) is 3.08. The molecule has 1 unspecified atom stereocenters. The summed E-state index contributed by atoms with van der Waals surface area (Å²) in [5.74, 6) is 5.39. The largest absolute Gasteiger partial charge is 0.295 e. The second-order valence-corrected chi connectivity index (χ2v) is 4.16. The molecule has 1 aliphatic rings. The lowest BCUT2D eigenvalue weighted by Gasteiger charge is -2.24. The van der Waals surface area contributed by atoms with Gasteiger partial charge in [0, 0.05) is 19.1 Å². The van der Waals surface area contributed by atoms with E-state index in [2.05, 4.69) is 40.7 Å². The van der Waals surface area contributed by atoms with Gasteiger partial charge in [-0.15, -0.1) is 0 Å². The average Bonchev–Trinajstić information content (AvgIpc) is 2.68. The van der Waals surface area contributed by atoms with Crippen molar-refractivity contribution in [1.29, 1.82) is 0 Å². The highest BCUT2D eigenvalue weighted by atomic mass is 15.3. The van der Waals surface area contributed by atoms with Crippen molar-refractivity contribution in [3.8, 4) is 0 Å². The molecular formula is C12H19N3. The molecule has 0 amide bonds. The van der Waals surface area contributed by atoms with Crippen LogP contribution < -0.4 is 11.3 Å². The summed E-state index contributed by atoms with van der Waals surface area (Å²) in [4.78, 5) is 2.51. The van der Waals surface area contributed by atoms with Crippen LogP contribution in [0.3, 0.4) is 0 Å². The molecule has 0 bridgehead atoms. The smallest absolute Gasteiger partial charge is 0.0254 e. The molecule has 1 aromatic carbocycles. The molecule has 1 saturated heterocycles. The molecule has 3 heteroatoms. The van der Waals surface area contributed by atoms with Crippen molar-refractivity contribution >= 4 is 0 Å². The fraction of sp³-hybridized carbons (Fsp3) is 0.500. The Kier molecular flexibility index (Phi) is 3.72. The van der Waals surface area contributed by atoms with Crippen LogP contribution in [0.25, 0.3) is 0 Å². The van der Waals surface area contributed by atoms with E-state index in [9.17, 15) is 0 Å². The van der Waals surface area contributed by atoms with Crippen molar-refractivity contribution < 1.29 is 0 Å². The first-order chi connectivity index (χ1) is 7.40. The molecular weight excluding hydrogens is 186 g/mol. The maximum atomic E-state index is 5.39. The molecule has 0 spiro atoms. The Bertz CT molecular complexity index is 286. The van der Waals surface area contributed by atoms with E-state index in [1.54, 1.807) is 0 Å². The summed E-state index contributed by atoms with van der Waals surface area (Å²) in [5, 5.41) is 0. The van der Waals surface area contributed by atoms with Crippen LogP contribution in [0.1, 0.15) is 18.4 Å². The van der Waals surface area contributed by atoms with Crippen molar-refractivity contribution in [3.63, 3.8) is 0 Å². The number of rotatable bonds is 4. The Hall–Kier alpha value is -0.900. The molecule has 0 aromatic heterocycles. The van der Waals surface area contributed by atoms with Gasteiger partial charge < -0.3 is 0 Å². The molecule has 3 N–H and O–H groups in total. The number of benzene rings is 1. The van der Waals surface area contributed by atoms with E-state index in [1.165, 1.54) is 24.9 Å². The number of nitrogens with zero attached hydrogens (tertiary/aromatic N) is 1. The third kappa shape index (κ3) is 2.78. The molecule has 82 valence electrons. The van der Waals surface area contributed by atoms with Gasteiger partial charge in [0.05, 0.1) is 0 Å². The van der Waals surface area contributed by atoms with Gasteiger partial charge in [-0.25, -0.2) is 0 Å². The molecule has 0 radical (unpaired) electrons. The average molecular weight is 205 g/mol. The zero-order valence-electron chi connectivity index (χ0n) is 9.02. The maximum absolute atomic E-state index is 5.39. The van der Waals surface area contributed by atoms with E-state index in [-0.39, 0.29) is 0 Å². The van der Waals surface area contributed by atoms with E-state index in [4.69, 9.17) is 5.84 Å². The van der Waals surface area contributed by atoms with Gasteiger partial charge in [-0.3, -0.25) is 16.2 Å². The number of hydrogen-bond donors (Lipinski definition) is 2. The molecule has 1 fully saturated rings. The van der Waals surface area contributed by atoms with Crippen LogP contribution >= 0.6 is 0 Å². The Balaban J connectivity index is 1.93. The maximum Gasteiger partial charge on any atom is 0.0254 e. The van der Waals surface area contributed by atoms with E-state index in [0.717, 1.165) is 13.1 Å². The minimum atomic E-state index is 0.607. The molecule has 15 heavy (non-hydrogen) atoms. The van der Waals surface area contributed by atoms with Crippen LogP contribution in [0.15, 0.2) is 30.3 Å². The predicted molar refractivity (Wildman–Crippen MR) is 62.1 cm³/mol. The van der Waals surface area contributed by atoms with E-state index in [0.29, 0.717) is 6.04 Å². The molecule has 1 heterocycles. The fourth-order valence-electron chi connectivity index (χ4n) is 2.29. The summed E-state index contributed by atoms with van der Waals surface area (Å²) in [6.45, 7) is 3.14. The van der Waals surface area contributed by atoms with Gasteiger partial charge in [0.15, 0.2) is 0 Å². The summed E-state index contributed by atoms with van der Waals surface area (Å²) >= 11 is 0. The summed E-state index contributed by atoms with van der Waals surface area (Å²) in [6, 6.07) is 11.2. The minimum Gasteiger partial charge on any atom is -0.295 e. The van der Waals surface area contributed by atoms with Gasteiger partial charge in [-0.1, -0.05) is 30.3 Å². The molecule has 2 rings (SSSR count). The molecule has 1 atom stereocenters. The van der Waals surface area contributed by atoms with Crippen LogP contribution in [-0.2, 0) is 6.54 Å². The second kappa shape index (κ2) is 5.26. The summed E-state index contributed by atoms with van der Waals surface area (Å²) in [7, 11) is 0. The number of hydrazine groups is 1. The lowest BCUT2D eigenvalue weighted by molar-refractivity contribution is 0.240. The molecule has 0 saturated carbocycles. The highest BCUT2D eigenvalue weighted by Gasteiger charge is 2.23. The van der Waals surface area contributed by atoms with Crippen molar-refractivity contribution in [2.75, 3.05) is 13.1 Å². The Labute approximate surface area is 91.2 Å². The Morgan fingerprint density at radius 2 is 2.13 bits per heavy atom. The lowest BCUT2D eigenvalue weighted by Crippen LogP contribution is -2.40. The highest BCUT2D eigenvalue weighted by Crippen LogP contribution is 2.19. The first-order valence-corrected chi connectivity index (χ1v) is 5.61. The normalized spacial score (nSPS) is 22.1. The van der Waals surface area contributed by atoms with Gasteiger partial charge in [0.25, 0.3) is 0 Å². The number of hydrogen-bond acceptors (Lipinski definition) is 3. The van der Waals surface area contributed by atoms with E-state index < -0.39 is 0 Å². The fourth-order valence-corrected chi connectivity index (χ4v) is 2.29. The van der Waals surface area contributed by atoms with Gasteiger partial charge in [-0.05, 0) is 24.9 Å². The van der Waals surface area contributed by atoms with Gasteiger partial charge in [0.2, 0.25) is 0 Å². The Morgan fingerprint density at radius 1 is 1.33 bits per heavy atom.